The lowest BCUT2D eigenvalue weighted by Gasteiger charge is -2.32. The maximum atomic E-state index is 13.7. The summed E-state index contributed by atoms with van der Waals surface area (Å²) >= 11 is 0. The molecule has 0 fully saturated rings. The molecule has 1 aliphatic heterocycles. The van der Waals surface area contributed by atoms with Crippen LogP contribution in [0.2, 0.25) is 0 Å². The molecule has 1 heterocycles. The molecule has 0 spiro atoms. The van der Waals surface area contributed by atoms with Crippen LogP contribution in [0.5, 0.6) is 5.75 Å². The van der Waals surface area contributed by atoms with Gasteiger partial charge in [0.25, 0.3) is 5.91 Å². The van der Waals surface area contributed by atoms with Crippen molar-refractivity contribution >= 4 is 34.2 Å². The Morgan fingerprint density at radius 2 is 1.74 bits per heavy atom. The van der Waals surface area contributed by atoms with Crippen molar-refractivity contribution in [2.45, 2.75) is 32.9 Å². The molecule has 1 aliphatic rings. The van der Waals surface area contributed by atoms with Crippen LogP contribution in [0.25, 0.3) is 10.8 Å². The molecule has 1 N–H and O–H groups in total. The lowest BCUT2D eigenvalue weighted by Crippen LogP contribution is -2.52. The first-order valence-corrected chi connectivity index (χ1v) is 11.5. The van der Waals surface area contributed by atoms with E-state index >= 15 is 0 Å². The quantitative estimate of drug-likeness (QED) is 0.529. The monoisotopic (exact) mass is 459 g/mol. The van der Waals surface area contributed by atoms with Gasteiger partial charge in [-0.1, -0.05) is 43.3 Å². The molecule has 0 aliphatic carbocycles. The normalized spacial score (nSPS) is 13.1. The number of rotatable bonds is 9. The number of carbonyl (C=O) groups is 3. The van der Waals surface area contributed by atoms with Gasteiger partial charge in [0.2, 0.25) is 11.8 Å². The Kier molecular flexibility index (Phi) is 6.82. The number of nitrogens with one attached hydrogen (secondary N) is 1. The van der Waals surface area contributed by atoms with Crippen molar-refractivity contribution in [3.8, 4) is 5.75 Å². The van der Waals surface area contributed by atoms with E-state index in [1.807, 2.05) is 68.4 Å². The molecule has 0 bridgehead atoms. The average Bonchev–Trinajstić information content (AvgIpc) is 3.12. The third-order valence-electron chi connectivity index (χ3n) is 6.19. The summed E-state index contributed by atoms with van der Waals surface area (Å²) in [5.41, 5.74) is 2.19. The van der Waals surface area contributed by atoms with Crippen molar-refractivity contribution in [1.82, 2.24) is 10.2 Å². The van der Waals surface area contributed by atoms with Gasteiger partial charge in [0.05, 0.1) is 12.8 Å². The highest BCUT2D eigenvalue weighted by Crippen LogP contribution is 2.37. The van der Waals surface area contributed by atoms with Crippen LogP contribution in [0.15, 0.2) is 60.7 Å². The van der Waals surface area contributed by atoms with Gasteiger partial charge in [-0.15, -0.1) is 0 Å². The Morgan fingerprint density at radius 1 is 1.03 bits per heavy atom. The fourth-order valence-corrected chi connectivity index (χ4v) is 4.50. The predicted molar refractivity (Wildman–Crippen MR) is 132 cm³/mol. The zero-order chi connectivity index (χ0) is 24.2. The van der Waals surface area contributed by atoms with Gasteiger partial charge >= 0.3 is 0 Å². The van der Waals surface area contributed by atoms with Crippen molar-refractivity contribution < 1.29 is 19.1 Å². The molecule has 0 unspecified atom stereocenters. The summed E-state index contributed by atoms with van der Waals surface area (Å²) < 4.78 is 5.23. The number of nitrogens with zero attached hydrogens (tertiary/aromatic N) is 2. The van der Waals surface area contributed by atoms with Crippen molar-refractivity contribution in [2.24, 2.45) is 0 Å². The van der Waals surface area contributed by atoms with E-state index in [9.17, 15) is 14.4 Å². The summed E-state index contributed by atoms with van der Waals surface area (Å²) in [5.74, 6) is 0.0265. The summed E-state index contributed by atoms with van der Waals surface area (Å²) in [7, 11) is 1.60. The molecule has 1 atom stereocenters. The van der Waals surface area contributed by atoms with Gasteiger partial charge in [-0.05, 0) is 48.6 Å². The largest absolute Gasteiger partial charge is 0.497 e. The van der Waals surface area contributed by atoms with Gasteiger partial charge in [0.1, 0.15) is 18.3 Å². The molecule has 3 amide bonds. The number of likely N-dealkylation sites (N-methyl/N-ethyl adjacent to an activating group) is 1. The molecule has 0 saturated carbocycles. The van der Waals surface area contributed by atoms with Crippen molar-refractivity contribution in [3.05, 3.63) is 71.8 Å². The van der Waals surface area contributed by atoms with Crippen LogP contribution in [-0.4, -0.2) is 48.9 Å². The van der Waals surface area contributed by atoms with E-state index in [4.69, 9.17) is 4.74 Å². The Morgan fingerprint density at radius 3 is 2.38 bits per heavy atom. The number of hydrogen-bond acceptors (Lipinski definition) is 4. The summed E-state index contributed by atoms with van der Waals surface area (Å²) in [6.07, 6.45) is 0.456. The van der Waals surface area contributed by atoms with Crippen LogP contribution in [0.4, 0.5) is 5.69 Å². The van der Waals surface area contributed by atoms with Gasteiger partial charge in [-0.3, -0.25) is 19.3 Å². The summed E-state index contributed by atoms with van der Waals surface area (Å²) in [6, 6.07) is 18.1. The summed E-state index contributed by atoms with van der Waals surface area (Å²) in [4.78, 5) is 42.8. The molecule has 0 aromatic heterocycles. The summed E-state index contributed by atoms with van der Waals surface area (Å²) in [5, 5.41) is 4.66. The van der Waals surface area contributed by atoms with Crippen LogP contribution in [-0.2, 0) is 16.1 Å². The zero-order valence-corrected chi connectivity index (χ0v) is 19.7. The van der Waals surface area contributed by atoms with Crippen LogP contribution in [0.3, 0.4) is 0 Å². The first kappa shape index (κ1) is 23.3. The number of anilines is 1. The van der Waals surface area contributed by atoms with Crippen molar-refractivity contribution in [1.29, 1.82) is 0 Å². The third kappa shape index (κ3) is 4.33. The van der Waals surface area contributed by atoms with Gasteiger partial charge in [0, 0.05) is 24.0 Å². The average molecular weight is 460 g/mol. The SMILES string of the molecule is CCNC(=O)[C@H](CC)N(Cc1ccc(OC)cc1)C(=O)CN1C(=O)c2cccc3cccc1c23. The second-order valence-electron chi connectivity index (χ2n) is 8.26. The van der Waals surface area contributed by atoms with Crippen LogP contribution >= 0.6 is 0 Å². The molecule has 7 nitrogen and oxygen atoms in total. The van der Waals surface area contributed by atoms with Crippen molar-refractivity contribution in [3.63, 3.8) is 0 Å². The molecule has 176 valence electrons. The smallest absolute Gasteiger partial charge is 0.259 e. The number of carbonyl (C=O) groups excluding carboxylic acids is 3. The third-order valence-corrected chi connectivity index (χ3v) is 6.19. The molecule has 3 aromatic carbocycles. The highest BCUT2D eigenvalue weighted by Gasteiger charge is 2.35. The number of ether oxygens (including phenoxy) is 1. The van der Waals surface area contributed by atoms with Gasteiger partial charge in [0.15, 0.2) is 0 Å². The Balaban J connectivity index is 1.64. The van der Waals surface area contributed by atoms with E-state index in [-0.39, 0.29) is 30.8 Å². The number of amides is 3. The van der Waals surface area contributed by atoms with E-state index in [2.05, 4.69) is 5.32 Å². The molecular weight excluding hydrogens is 430 g/mol. The van der Waals surface area contributed by atoms with E-state index in [0.717, 1.165) is 22.0 Å². The Labute approximate surface area is 199 Å². The maximum absolute atomic E-state index is 13.7. The molecule has 34 heavy (non-hydrogen) atoms. The Hall–Kier alpha value is -3.87. The molecule has 3 aromatic rings. The highest BCUT2D eigenvalue weighted by molar-refractivity contribution is 6.26. The second kappa shape index (κ2) is 9.95. The van der Waals surface area contributed by atoms with E-state index in [0.29, 0.717) is 24.3 Å². The van der Waals surface area contributed by atoms with Crippen LogP contribution in [0, 0.1) is 0 Å². The standard InChI is InChI=1S/C27H29N3O4/c1-4-22(26(32)28-5-2)29(16-18-12-14-20(34-3)15-13-18)24(31)17-30-23-11-7-9-19-8-6-10-21(25(19)23)27(30)33/h6-15,22H,4-5,16-17H2,1-3H3,(H,28,32)/t22-/m0/s1. The van der Waals surface area contributed by atoms with Crippen LogP contribution in [0.1, 0.15) is 36.2 Å². The minimum atomic E-state index is -0.648. The molecular formula is C27H29N3O4. The van der Waals surface area contributed by atoms with Gasteiger partial charge in [-0.25, -0.2) is 0 Å². The molecule has 4 rings (SSSR count). The fourth-order valence-electron chi connectivity index (χ4n) is 4.50. The minimum Gasteiger partial charge on any atom is -0.497 e. The van der Waals surface area contributed by atoms with Crippen LogP contribution < -0.4 is 15.0 Å². The number of benzene rings is 3. The van der Waals surface area contributed by atoms with Crippen molar-refractivity contribution in [2.75, 3.05) is 25.1 Å². The van der Waals surface area contributed by atoms with E-state index in [1.54, 1.807) is 18.1 Å². The maximum Gasteiger partial charge on any atom is 0.259 e. The first-order chi connectivity index (χ1) is 16.5. The topological polar surface area (TPSA) is 79.0 Å². The molecule has 0 radical (unpaired) electrons. The fraction of sp³-hybridized carbons (Fsp3) is 0.296. The molecule has 7 heteroatoms. The minimum absolute atomic E-state index is 0.140. The number of hydrogen-bond donors (Lipinski definition) is 1. The first-order valence-electron chi connectivity index (χ1n) is 11.5. The van der Waals surface area contributed by atoms with E-state index in [1.165, 1.54) is 4.90 Å². The predicted octanol–water partition coefficient (Wildman–Crippen LogP) is 3.75. The van der Waals surface area contributed by atoms with E-state index < -0.39 is 6.04 Å². The van der Waals surface area contributed by atoms with Gasteiger partial charge in [-0.2, -0.15) is 0 Å². The summed E-state index contributed by atoms with van der Waals surface area (Å²) in [6.45, 7) is 4.31. The lowest BCUT2D eigenvalue weighted by atomic mass is 10.1. The molecule has 0 saturated heterocycles. The Bertz CT molecular complexity index is 1220. The second-order valence-corrected chi connectivity index (χ2v) is 8.26. The number of methoxy groups -OCH3 is 1. The zero-order valence-electron chi connectivity index (χ0n) is 19.7. The lowest BCUT2D eigenvalue weighted by molar-refractivity contribution is -0.140. The van der Waals surface area contributed by atoms with Gasteiger partial charge < -0.3 is 15.0 Å². The highest BCUT2D eigenvalue weighted by atomic mass is 16.5.